The highest BCUT2D eigenvalue weighted by atomic mass is 16.5. The summed E-state index contributed by atoms with van der Waals surface area (Å²) < 4.78 is 5.81. The van der Waals surface area contributed by atoms with Gasteiger partial charge in [0.2, 0.25) is 11.7 Å². The van der Waals surface area contributed by atoms with Crippen LogP contribution >= 0.6 is 0 Å². The standard InChI is InChI=1S/C21H31N5O2/c1-7-20(3,4)13-28-14-21(5,6)19(27)22-12-16-8-10-17(11-9-16)18-25-23-15(2)24-26-18/h8-11H,7,12-14H2,1-6H3,(H,22,27). The molecule has 28 heavy (non-hydrogen) atoms. The van der Waals surface area contributed by atoms with Gasteiger partial charge in [-0.2, -0.15) is 0 Å². The van der Waals surface area contributed by atoms with Crippen LogP contribution in [0.25, 0.3) is 11.4 Å². The van der Waals surface area contributed by atoms with Crippen LogP contribution in [0.1, 0.15) is 52.4 Å². The molecule has 0 radical (unpaired) electrons. The fraction of sp³-hybridized carbons (Fsp3) is 0.571. The lowest BCUT2D eigenvalue weighted by Gasteiger charge is -2.27. The summed E-state index contributed by atoms with van der Waals surface area (Å²) in [6, 6.07) is 7.67. The number of ether oxygens (including phenoxy) is 1. The third-order valence-electron chi connectivity index (χ3n) is 4.77. The van der Waals surface area contributed by atoms with Crippen LogP contribution in [0.4, 0.5) is 0 Å². The average Bonchev–Trinajstić information content (AvgIpc) is 2.67. The molecule has 0 bridgehead atoms. The zero-order valence-electron chi connectivity index (χ0n) is 17.7. The summed E-state index contributed by atoms with van der Waals surface area (Å²) in [6.45, 7) is 13.5. The van der Waals surface area contributed by atoms with Crippen molar-refractivity contribution in [3.63, 3.8) is 0 Å². The first-order valence-electron chi connectivity index (χ1n) is 9.62. The Balaban J connectivity index is 1.86. The number of rotatable bonds is 9. The lowest BCUT2D eigenvalue weighted by Crippen LogP contribution is -2.40. The summed E-state index contributed by atoms with van der Waals surface area (Å²) in [5.74, 6) is 0.989. The van der Waals surface area contributed by atoms with Crippen LogP contribution < -0.4 is 5.32 Å². The Morgan fingerprint density at radius 3 is 2.18 bits per heavy atom. The molecule has 1 aromatic carbocycles. The second-order valence-electron chi connectivity index (χ2n) is 8.54. The Bertz CT molecular complexity index is 770. The van der Waals surface area contributed by atoms with Crippen molar-refractivity contribution >= 4 is 5.91 Å². The fourth-order valence-corrected chi connectivity index (χ4v) is 2.34. The maximum absolute atomic E-state index is 12.6. The van der Waals surface area contributed by atoms with E-state index in [0.29, 0.717) is 31.4 Å². The van der Waals surface area contributed by atoms with Crippen molar-refractivity contribution in [2.45, 2.75) is 54.5 Å². The third-order valence-corrected chi connectivity index (χ3v) is 4.77. The minimum atomic E-state index is -0.586. The fourth-order valence-electron chi connectivity index (χ4n) is 2.34. The molecule has 0 saturated carbocycles. The van der Waals surface area contributed by atoms with Crippen LogP contribution in [0.3, 0.4) is 0 Å². The average molecular weight is 386 g/mol. The van der Waals surface area contributed by atoms with Gasteiger partial charge in [0.1, 0.15) is 0 Å². The number of benzene rings is 1. The molecule has 1 N–H and O–H groups in total. The van der Waals surface area contributed by atoms with Crippen LogP contribution in [0.2, 0.25) is 0 Å². The van der Waals surface area contributed by atoms with Crippen molar-refractivity contribution in [1.82, 2.24) is 25.7 Å². The van der Waals surface area contributed by atoms with Crippen LogP contribution in [-0.4, -0.2) is 39.5 Å². The van der Waals surface area contributed by atoms with Gasteiger partial charge in [-0.3, -0.25) is 4.79 Å². The van der Waals surface area contributed by atoms with E-state index in [0.717, 1.165) is 17.5 Å². The largest absolute Gasteiger partial charge is 0.380 e. The molecule has 0 aliphatic carbocycles. The van der Waals surface area contributed by atoms with Crippen molar-refractivity contribution in [2.24, 2.45) is 10.8 Å². The Labute approximate surface area is 167 Å². The topological polar surface area (TPSA) is 89.9 Å². The zero-order chi connectivity index (χ0) is 20.8. The Morgan fingerprint density at radius 1 is 1.00 bits per heavy atom. The summed E-state index contributed by atoms with van der Waals surface area (Å²) >= 11 is 0. The molecule has 0 aliphatic heterocycles. The number of aryl methyl sites for hydroxylation is 1. The number of nitrogens with one attached hydrogen (secondary N) is 1. The molecule has 1 amide bonds. The second kappa shape index (κ2) is 9.19. The molecule has 1 aromatic heterocycles. The lowest BCUT2D eigenvalue weighted by molar-refractivity contribution is -0.133. The van der Waals surface area contributed by atoms with E-state index in [4.69, 9.17) is 4.74 Å². The number of amides is 1. The molecule has 0 atom stereocenters. The summed E-state index contributed by atoms with van der Waals surface area (Å²) in [5.41, 5.74) is 1.37. The monoisotopic (exact) mass is 385 g/mol. The van der Waals surface area contributed by atoms with Gasteiger partial charge in [-0.25, -0.2) is 0 Å². The van der Waals surface area contributed by atoms with Gasteiger partial charge in [0.15, 0.2) is 5.82 Å². The first-order chi connectivity index (χ1) is 13.1. The summed E-state index contributed by atoms with van der Waals surface area (Å²) in [7, 11) is 0. The molecular formula is C21H31N5O2. The minimum absolute atomic E-state index is 0.0267. The van der Waals surface area contributed by atoms with Gasteiger partial charge in [-0.1, -0.05) is 45.0 Å². The normalized spacial score (nSPS) is 12.1. The molecule has 7 heteroatoms. The summed E-state index contributed by atoms with van der Waals surface area (Å²) in [5, 5.41) is 18.9. The quantitative estimate of drug-likeness (QED) is 0.712. The van der Waals surface area contributed by atoms with Crippen molar-refractivity contribution in [3.05, 3.63) is 35.7 Å². The number of carbonyl (C=O) groups excluding carboxylic acids is 1. The van der Waals surface area contributed by atoms with E-state index in [1.165, 1.54) is 0 Å². The number of hydrogen-bond acceptors (Lipinski definition) is 6. The smallest absolute Gasteiger partial charge is 0.228 e. The number of carbonyl (C=O) groups is 1. The van der Waals surface area contributed by atoms with E-state index in [-0.39, 0.29) is 11.3 Å². The Morgan fingerprint density at radius 2 is 1.61 bits per heavy atom. The highest BCUT2D eigenvalue weighted by Crippen LogP contribution is 2.23. The SMILES string of the molecule is CCC(C)(C)COCC(C)(C)C(=O)NCc1ccc(-c2nnc(C)nn2)cc1. The van der Waals surface area contributed by atoms with Crippen molar-refractivity contribution < 1.29 is 9.53 Å². The molecule has 1 heterocycles. The molecule has 0 aliphatic rings. The predicted molar refractivity (Wildman–Crippen MR) is 108 cm³/mol. The van der Waals surface area contributed by atoms with Crippen LogP contribution in [0.15, 0.2) is 24.3 Å². The number of aromatic nitrogens is 4. The van der Waals surface area contributed by atoms with Crippen molar-refractivity contribution in [2.75, 3.05) is 13.2 Å². The lowest BCUT2D eigenvalue weighted by atomic mass is 9.90. The van der Waals surface area contributed by atoms with Gasteiger partial charge < -0.3 is 10.1 Å². The van der Waals surface area contributed by atoms with E-state index in [9.17, 15) is 4.79 Å². The first kappa shape index (κ1) is 21.9. The van der Waals surface area contributed by atoms with Crippen molar-refractivity contribution in [3.8, 4) is 11.4 Å². The Hall–Kier alpha value is -2.41. The van der Waals surface area contributed by atoms with E-state index in [1.807, 2.05) is 38.1 Å². The van der Waals surface area contributed by atoms with E-state index >= 15 is 0 Å². The van der Waals surface area contributed by atoms with E-state index in [2.05, 4.69) is 46.5 Å². The highest BCUT2D eigenvalue weighted by molar-refractivity contribution is 5.81. The van der Waals surface area contributed by atoms with Crippen molar-refractivity contribution in [1.29, 1.82) is 0 Å². The first-order valence-corrected chi connectivity index (χ1v) is 9.62. The minimum Gasteiger partial charge on any atom is -0.380 e. The van der Waals surface area contributed by atoms with Gasteiger partial charge in [-0.05, 0) is 38.2 Å². The second-order valence-corrected chi connectivity index (χ2v) is 8.54. The zero-order valence-corrected chi connectivity index (χ0v) is 17.7. The summed E-state index contributed by atoms with van der Waals surface area (Å²) in [4.78, 5) is 12.6. The van der Waals surface area contributed by atoms with Gasteiger partial charge in [0.25, 0.3) is 0 Å². The third kappa shape index (κ3) is 6.34. The molecule has 2 aromatic rings. The van der Waals surface area contributed by atoms with E-state index < -0.39 is 5.41 Å². The van der Waals surface area contributed by atoms with Gasteiger partial charge >= 0.3 is 0 Å². The molecule has 0 fully saturated rings. The molecule has 0 saturated heterocycles. The molecule has 0 spiro atoms. The molecule has 7 nitrogen and oxygen atoms in total. The highest BCUT2D eigenvalue weighted by Gasteiger charge is 2.28. The van der Waals surface area contributed by atoms with Gasteiger partial charge in [-0.15, -0.1) is 20.4 Å². The summed E-state index contributed by atoms with van der Waals surface area (Å²) in [6.07, 6.45) is 1.04. The maximum atomic E-state index is 12.6. The van der Waals surface area contributed by atoms with Gasteiger partial charge in [0.05, 0.1) is 18.6 Å². The molecular weight excluding hydrogens is 354 g/mol. The molecule has 2 rings (SSSR count). The predicted octanol–water partition coefficient (Wildman–Crippen LogP) is 3.34. The Kier molecular flexibility index (Phi) is 7.18. The van der Waals surface area contributed by atoms with E-state index in [1.54, 1.807) is 6.92 Å². The van der Waals surface area contributed by atoms with Crippen LogP contribution in [0.5, 0.6) is 0 Å². The maximum Gasteiger partial charge on any atom is 0.228 e. The van der Waals surface area contributed by atoms with Gasteiger partial charge in [0, 0.05) is 12.1 Å². The number of hydrogen-bond donors (Lipinski definition) is 1. The van der Waals surface area contributed by atoms with Crippen LogP contribution in [-0.2, 0) is 16.1 Å². The molecule has 152 valence electrons. The molecule has 0 unspecified atom stereocenters. The number of nitrogens with zero attached hydrogens (tertiary/aromatic N) is 4. The van der Waals surface area contributed by atoms with Crippen LogP contribution in [0, 0.1) is 17.8 Å².